The molecule has 2 aromatic carbocycles. The maximum absolute atomic E-state index is 13.3. The van der Waals surface area contributed by atoms with Gasteiger partial charge in [-0.3, -0.25) is 14.5 Å². The first-order valence-corrected chi connectivity index (χ1v) is 14.6. The van der Waals surface area contributed by atoms with E-state index in [1.165, 1.54) is 30.2 Å². The Hall–Kier alpha value is -4.18. The lowest BCUT2D eigenvalue weighted by Gasteiger charge is -2.38. The molecule has 1 aromatic heterocycles. The molecule has 0 radical (unpaired) electrons. The van der Waals surface area contributed by atoms with E-state index in [1.807, 2.05) is 0 Å². The van der Waals surface area contributed by atoms with Crippen molar-refractivity contribution in [1.82, 2.24) is 10.2 Å². The number of carbonyl (C=O) groups excluding carboxylic acids is 3. The number of rotatable bonds is 7. The molecule has 0 fully saturated rings. The van der Waals surface area contributed by atoms with Crippen molar-refractivity contribution < 1.29 is 19.1 Å². The third kappa shape index (κ3) is 5.83. The van der Waals surface area contributed by atoms with E-state index in [1.54, 1.807) is 53.4 Å². The number of nitrogens with zero attached hydrogens (tertiary/aromatic N) is 4. The van der Waals surface area contributed by atoms with Crippen LogP contribution in [0.1, 0.15) is 41.1 Å². The number of carbonyl (C=O) groups is 3. The largest absolute Gasteiger partial charge is 0.465 e. The van der Waals surface area contributed by atoms with Crippen LogP contribution in [0.3, 0.4) is 0 Å². The minimum Gasteiger partial charge on any atom is -0.465 e. The van der Waals surface area contributed by atoms with Gasteiger partial charge in [-0.25, -0.2) is 4.79 Å². The number of amides is 1. The summed E-state index contributed by atoms with van der Waals surface area (Å²) in [6, 6.07) is 15.7. The number of aromatic nitrogens is 2. The average molecular weight is 607 g/mol. The van der Waals surface area contributed by atoms with Gasteiger partial charge in [-0.2, -0.15) is 5.26 Å². The zero-order valence-electron chi connectivity index (χ0n) is 21.7. The second kappa shape index (κ2) is 12.1. The van der Waals surface area contributed by atoms with Crippen LogP contribution in [-0.4, -0.2) is 40.7 Å². The fourth-order valence-corrected chi connectivity index (χ4v) is 6.68. The molecule has 13 heteroatoms. The van der Waals surface area contributed by atoms with Crippen LogP contribution in [-0.2, 0) is 14.3 Å². The van der Waals surface area contributed by atoms with Crippen molar-refractivity contribution in [1.29, 1.82) is 5.26 Å². The van der Waals surface area contributed by atoms with Crippen LogP contribution in [0, 0.1) is 11.3 Å². The molecule has 0 spiro atoms. The summed E-state index contributed by atoms with van der Waals surface area (Å²) in [6.07, 6.45) is 1.53. The number of nitrogens with one attached hydrogen (secondary N) is 1. The van der Waals surface area contributed by atoms with Gasteiger partial charge in [-0.05, 0) is 48.7 Å². The summed E-state index contributed by atoms with van der Waals surface area (Å²) in [5, 5.41) is 22.4. The van der Waals surface area contributed by atoms with Gasteiger partial charge in [0.1, 0.15) is 5.82 Å². The number of ether oxygens (including phenoxy) is 1. The van der Waals surface area contributed by atoms with Crippen LogP contribution in [0.5, 0.6) is 0 Å². The number of hydrogen-bond donors (Lipinski definition) is 2. The molecule has 10 nitrogen and oxygen atoms in total. The molecular formula is C28H23ClN6O4S2. The molecule has 3 aromatic rings. The van der Waals surface area contributed by atoms with Gasteiger partial charge >= 0.3 is 5.97 Å². The normalized spacial score (nSPS) is 16.8. The van der Waals surface area contributed by atoms with Crippen molar-refractivity contribution in [2.45, 2.75) is 29.5 Å². The minimum absolute atomic E-state index is 0.0738. The first-order chi connectivity index (χ1) is 19.8. The summed E-state index contributed by atoms with van der Waals surface area (Å²) < 4.78 is 5.30. The van der Waals surface area contributed by atoms with Crippen LogP contribution < -0.4 is 16.0 Å². The Balaban J connectivity index is 1.42. The van der Waals surface area contributed by atoms with Crippen LogP contribution in [0.2, 0.25) is 5.02 Å². The highest BCUT2D eigenvalue weighted by Gasteiger charge is 2.41. The van der Waals surface area contributed by atoms with E-state index in [0.717, 1.165) is 0 Å². The molecule has 208 valence electrons. The number of nitriles is 1. The Morgan fingerprint density at radius 3 is 2.73 bits per heavy atom. The SMILES string of the molecule is COC(=O)c1ccc(C2C(C#N)=C(N)N(c3nnc(SCC(=O)Nc4cccc(Cl)c4)s3)C3=C2C(=O)CCC3)cc1. The number of thioether (sulfide) groups is 1. The van der Waals surface area contributed by atoms with Gasteiger partial charge in [0.25, 0.3) is 0 Å². The van der Waals surface area contributed by atoms with E-state index in [0.29, 0.717) is 61.8 Å². The molecule has 0 saturated carbocycles. The van der Waals surface area contributed by atoms with Crippen LogP contribution in [0.25, 0.3) is 0 Å². The lowest BCUT2D eigenvalue weighted by atomic mass is 9.75. The Morgan fingerprint density at radius 2 is 2.02 bits per heavy atom. The van der Waals surface area contributed by atoms with E-state index in [4.69, 9.17) is 22.1 Å². The van der Waals surface area contributed by atoms with E-state index < -0.39 is 11.9 Å². The predicted octanol–water partition coefficient (Wildman–Crippen LogP) is 5.01. The zero-order valence-corrected chi connectivity index (χ0v) is 24.1. The van der Waals surface area contributed by atoms with Crippen molar-refractivity contribution >= 4 is 63.2 Å². The molecular weight excluding hydrogens is 584 g/mol. The molecule has 1 aliphatic heterocycles. The number of allylic oxidation sites excluding steroid dienone is 3. The molecule has 1 amide bonds. The Labute approximate surface area is 248 Å². The van der Waals surface area contributed by atoms with E-state index in [9.17, 15) is 19.6 Å². The number of methoxy groups -OCH3 is 1. The average Bonchev–Trinajstić information content (AvgIpc) is 3.44. The molecule has 1 atom stereocenters. The summed E-state index contributed by atoms with van der Waals surface area (Å²) in [5.41, 5.74) is 9.57. The van der Waals surface area contributed by atoms with Crippen molar-refractivity contribution in [3.05, 3.63) is 87.3 Å². The Kier molecular flexibility index (Phi) is 8.39. The van der Waals surface area contributed by atoms with Gasteiger partial charge in [0.2, 0.25) is 11.0 Å². The molecule has 41 heavy (non-hydrogen) atoms. The van der Waals surface area contributed by atoms with Crippen molar-refractivity contribution in [2.24, 2.45) is 5.73 Å². The number of esters is 1. The second-order valence-electron chi connectivity index (χ2n) is 9.13. The van der Waals surface area contributed by atoms with Crippen LogP contribution in [0.4, 0.5) is 10.8 Å². The van der Waals surface area contributed by atoms with Gasteiger partial charge in [0.15, 0.2) is 10.1 Å². The van der Waals surface area contributed by atoms with E-state index in [2.05, 4.69) is 21.6 Å². The van der Waals surface area contributed by atoms with E-state index >= 15 is 0 Å². The highest BCUT2D eigenvalue weighted by atomic mass is 35.5. The van der Waals surface area contributed by atoms with Crippen molar-refractivity contribution in [2.75, 3.05) is 23.1 Å². The molecule has 1 unspecified atom stereocenters. The van der Waals surface area contributed by atoms with Gasteiger partial charge in [-0.15, -0.1) is 10.2 Å². The van der Waals surface area contributed by atoms with Gasteiger partial charge in [0, 0.05) is 28.4 Å². The number of halogens is 1. The molecule has 2 heterocycles. The number of anilines is 2. The smallest absolute Gasteiger partial charge is 0.337 e. The van der Waals surface area contributed by atoms with Crippen LogP contribution >= 0.6 is 34.7 Å². The maximum atomic E-state index is 13.3. The number of hydrogen-bond acceptors (Lipinski definition) is 11. The number of Topliss-reactive ketones (excluding diaryl/α,β-unsaturated/α-hetero) is 1. The first-order valence-electron chi connectivity index (χ1n) is 12.5. The lowest BCUT2D eigenvalue weighted by molar-refractivity contribution is -0.116. The highest BCUT2D eigenvalue weighted by Crippen LogP contribution is 2.47. The fraction of sp³-hybridized carbons (Fsp3) is 0.214. The Morgan fingerprint density at radius 1 is 1.24 bits per heavy atom. The zero-order chi connectivity index (χ0) is 29.1. The number of benzene rings is 2. The quantitative estimate of drug-likeness (QED) is 0.277. The lowest BCUT2D eigenvalue weighted by Crippen LogP contribution is -2.38. The predicted molar refractivity (Wildman–Crippen MR) is 156 cm³/mol. The second-order valence-corrected chi connectivity index (χ2v) is 11.7. The number of nitrogens with two attached hydrogens (primary N) is 1. The van der Waals surface area contributed by atoms with Gasteiger partial charge < -0.3 is 15.8 Å². The summed E-state index contributed by atoms with van der Waals surface area (Å²) in [5.74, 6) is -1.22. The molecule has 5 rings (SSSR count). The number of ketones is 1. The summed E-state index contributed by atoms with van der Waals surface area (Å²) >= 11 is 8.40. The summed E-state index contributed by atoms with van der Waals surface area (Å²) in [7, 11) is 1.30. The van der Waals surface area contributed by atoms with Gasteiger partial charge in [-0.1, -0.05) is 52.9 Å². The monoisotopic (exact) mass is 606 g/mol. The highest BCUT2D eigenvalue weighted by molar-refractivity contribution is 8.01. The third-order valence-electron chi connectivity index (χ3n) is 6.60. The van der Waals surface area contributed by atoms with Gasteiger partial charge in [0.05, 0.1) is 36.0 Å². The third-order valence-corrected chi connectivity index (χ3v) is 8.88. The Bertz CT molecular complexity index is 1640. The standard InChI is InChI=1S/C28H23ClN6O4S2/c1-39-26(38)16-10-8-15(9-11-16)23-19(13-30)25(31)35(20-6-3-7-21(36)24(20)23)27-33-34-28(41-27)40-14-22(37)32-18-5-2-4-17(29)12-18/h2,4-5,8-12,23H,3,6-7,14,31H2,1H3,(H,32,37). The molecule has 0 saturated heterocycles. The van der Waals surface area contributed by atoms with Crippen LogP contribution in [0.15, 0.2) is 75.5 Å². The first kappa shape index (κ1) is 28.4. The molecule has 1 aliphatic carbocycles. The minimum atomic E-state index is -0.678. The topological polar surface area (TPSA) is 151 Å². The summed E-state index contributed by atoms with van der Waals surface area (Å²) in [4.78, 5) is 39.3. The van der Waals surface area contributed by atoms with Crippen molar-refractivity contribution in [3.8, 4) is 6.07 Å². The molecule has 3 N–H and O–H groups in total. The summed E-state index contributed by atoms with van der Waals surface area (Å²) in [6.45, 7) is 0. The molecule has 0 bridgehead atoms. The fourth-order valence-electron chi connectivity index (χ4n) is 4.81. The maximum Gasteiger partial charge on any atom is 0.337 e. The van der Waals surface area contributed by atoms with Crippen molar-refractivity contribution in [3.63, 3.8) is 0 Å². The van der Waals surface area contributed by atoms with E-state index in [-0.39, 0.29) is 28.8 Å². The molecule has 2 aliphatic rings.